The molecule has 0 spiro atoms. The van der Waals surface area contributed by atoms with Crippen molar-refractivity contribution < 1.29 is 4.79 Å². The predicted octanol–water partition coefficient (Wildman–Crippen LogP) is 1.33. The Kier molecular flexibility index (Phi) is 7.28. The molecule has 1 aliphatic rings. The zero-order chi connectivity index (χ0) is 13.4. The summed E-state index contributed by atoms with van der Waals surface area (Å²) in [6.07, 6.45) is 5.23. The van der Waals surface area contributed by atoms with Gasteiger partial charge in [-0.1, -0.05) is 6.92 Å². The highest BCUT2D eigenvalue weighted by Gasteiger charge is 2.20. The van der Waals surface area contributed by atoms with Crippen LogP contribution in [0.4, 0.5) is 0 Å². The maximum absolute atomic E-state index is 11.6. The van der Waals surface area contributed by atoms with E-state index in [1.54, 1.807) is 4.90 Å². The Bertz CT molecular complexity index is 237. The number of amides is 1. The number of nitrogens with zero attached hydrogens (tertiary/aromatic N) is 3. The van der Waals surface area contributed by atoms with Crippen molar-refractivity contribution in [1.82, 2.24) is 15.1 Å². The quantitative estimate of drug-likeness (QED) is 0.687. The van der Waals surface area contributed by atoms with E-state index in [-0.39, 0.29) is 5.91 Å². The van der Waals surface area contributed by atoms with Gasteiger partial charge in [-0.2, -0.15) is 0 Å². The van der Waals surface area contributed by atoms with Gasteiger partial charge in [0.15, 0.2) is 0 Å². The Morgan fingerprint density at radius 3 is 2.44 bits per heavy atom. The molecule has 18 heavy (non-hydrogen) atoms. The molecular formula is C14H28N3O. The summed E-state index contributed by atoms with van der Waals surface area (Å²) in [5, 5.41) is 4.41. The normalized spacial score (nSPS) is 17.1. The second kappa shape index (κ2) is 8.48. The lowest BCUT2D eigenvalue weighted by Crippen LogP contribution is -2.42. The van der Waals surface area contributed by atoms with Crippen LogP contribution in [-0.2, 0) is 4.79 Å². The fourth-order valence-corrected chi connectivity index (χ4v) is 2.52. The highest BCUT2D eigenvalue weighted by Crippen LogP contribution is 2.14. The van der Waals surface area contributed by atoms with Crippen LogP contribution >= 0.6 is 0 Å². The highest BCUT2D eigenvalue weighted by molar-refractivity contribution is 5.75. The first-order valence-electron chi connectivity index (χ1n) is 7.22. The number of hydrogen-bond acceptors (Lipinski definition) is 2. The van der Waals surface area contributed by atoms with Gasteiger partial charge in [-0.15, -0.1) is 0 Å². The highest BCUT2D eigenvalue weighted by atomic mass is 16.2. The largest absolute Gasteiger partial charge is 0.349 e. The van der Waals surface area contributed by atoms with Crippen LogP contribution in [0.25, 0.3) is 0 Å². The molecule has 0 bridgehead atoms. The summed E-state index contributed by atoms with van der Waals surface area (Å²) >= 11 is 0. The van der Waals surface area contributed by atoms with E-state index >= 15 is 0 Å². The van der Waals surface area contributed by atoms with E-state index in [9.17, 15) is 4.79 Å². The van der Waals surface area contributed by atoms with E-state index in [1.165, 1.54) is 19.3 Å². The van der Waals surface area contributed by atoms with E-state index in [4.69, 9.17) is 0 Å². The molecule has 0 aromatic heterocycles. The van der Waals surface area contributed by atoms with E-state index in [2.05, 4.69) is 17.1 Å². The van der Waals surface area contributed by atoms with Crippen LogP contribution in [0.2, 0.25) is 0 Å². The molecule has 1 radical (unpaired) electrons. The van der Waals surface area contributed by atoms with Gasteiger partial charge in [0, 0.05) is 39.6 Å². The zero-order valence-electron chi connectivity index (χ0n) is 12.2. The van der Waals surface area contributed by atoms with Gasteiger partial charge < -0.3 is 9.80 Å². The molecule has 1 saturated heterocycles. The molecule has 1 aliphatic heterocycles. The Labute approximate surface area is 112 Å². The number of carbonyl (C=O) groups excluding carboxylic acids is 1. The number of piperidine rings is 1. The van der Waals surface area contributed by atoms with Crippen LogP contribution in [0.3, 0.4) is 0 Å². The lowest BCUT2D eigenvalue weighted by molar-refractivity contribution is -0.128. The van der Waals surface area contributed by atoms with E-state index in [1.807, 2.05) is 14.1 Å². The third-order valence-corrected chi connectivity index (χ3v) is 3.60. The van der Waals surface area contributed by atoms with Crippen LogP contribution < -0.4 is 5.32 Å². The number of carbonyl (C=O) groups is 1. The van der Waals surface area contributed by atoms with Crippen molar-refractivity contribution in [1.29, 1.82) is 0 Å². The van der Waals surface area contributed by atoms with Crippen LogP contribution in [-0.4, -0.2) is 62.0 Å². The minimum absolute atomic E-state index is 0.241. The van der Waals surface area contributed by atoms with Crippen molar-refractivity contribution in [2.75, 3.05) is 40.3 Å². The van der Waals surface area contributed by atoms with Gasteiger partial charge in [-0.3, -0.25) is 4.79 Å². The third-order valence-electron chi connectivity index (χ3n) is 3.60. The third kappa shape index (κ3) is 5.36. The molecule has 0 saturated carbocycles. The van der Waals surface area contributed by atoms with Crippen LogP contribution in [0.1, 0.15) is 39.0 Å². The minimum Gasteiger partial charge on any atom is -0.349 e. The lowest BCUT2D eigenvalue weighted by atomic mass is 10.0. The van der Waals surface area contributed by atoms with Gasteiger partial charge >= 0.3 is 0 Å². The molecule has 4 heteroatoms. The average molecular weight is 254 g/mol. The van der Waals surface area contributed by atoms with Crippen molar-refractivity contribution in [2.45, 2.75) is 45.1 Å². The summed E-state index contributed by atoms with van der Waals surface area (Å²) in [4.78, 5) is 15.8. The van der Waals surface area contributed by atoms with Gasteiger partial charge in [0.2, 0.25) is 5.91 Å². The summed E-state index contributed by atoms with van der Waals surface area (Å²) in [6, 6.07) is 0.692. The summed E-state index contributed by atoms with van der Waals surface area (Å²) in [6.45, 7) is 6.47. The Morgan fingerprint density at radius 2 is 1.89 bits per heavy atom. The van der Waals surface area contributed by atoms with Crippen molar-refractivity contribution in [2.24, 2.45) is 0 Å². The van der Waals surface area contributed by atoms with Crippen molar-refractivity contribution in [3.05, 3.63) is 0 Å². The molecule has 0 aromatic rings. The summed E-state index contributed by atoms with van der Waals surface area (Å²) in [5.41, 5.74) is 0. The first kappa shape index (κ1) is 15.4. The zero-order valence-corrected chi connectivity index (χ0v) is 12.2. The molecule has 0 unspecified atom stereocenters. The van der Waals surface area contributed by atoms with Crippen molar-refractivity contribution in [3.63, 3.8) is 0 Å². The maximum atomic E-state index is 11.6. The second-order valence-electron chi connectivity index (χ2n) is 5.33. The van der Waals surface area contributed by atoms with E-state index < -0.39 is 0 Å². The molecule has 0 aliphatic carbocycles. The summed E-state index contributed by atoms with van der Waals surface area (Å²) in [5.74, 6) is 0.241. The van der Waals surface area contributed by atoms with Crippen LogP contribution in [0, 0.1) is 0 Å². The smallest absolute Gasteiger partial charge is 0.222 e. The SMILES string of the molecule is CCCN(CCCC(=O)N(C)C)C1CC[N]CC1. The molecule has 1 fully saturated rings. The molecule has 1 amide bonds. The Balaban J connectivity index is 2.30. The molecule has 1 rings (SSSR count). The van der Waals surface area contributed by atoms with Crippen molar-refractivity contribution in [3.8, 4) is 0 Å². The van der Waals surface area contributed by atoms with Crippen LogP contribution in [0.15, 0.2) is 0 Å². The molecule has 0 aromatic carbocycles. The Hall–Kier alpha value is -0.610. The first-order chi connectivity index (χ1) is 8.65. The van der Waals surface area contributed by atoms with Gasteiger partial charge in [-0.05, 0) is 38.8 Å². The fraction of sp³-hybridized carbons (Fsp3) is 0.929. The molecule has 0 atom stereocenters. The molecule has 1 heterocycles. The molecule has 0 N–H and O–H groups in total. The lowest BCUT2D eigenvalue weighted by Gasteiger charge is -2.34. The van der Waals surface area contributed by atoms with Gasteiger partial charge in [0.1, 0.15) is 0 Å². The standard InChI is InChI=1S/C14H28N3O/c1-4-11-17(13-7-9-15-10-8-13)12-5-6-14(18)16(2)3/h13H,4-12H2,1-3H3. The maximum Gasteiger partial charge on any atom is 0.222 e. The second-order valence-corrected chi connectivity index (χ2v) is 5.33. The predicted molar refractivity (Wildman–Crippen MR) is 74.7 cm³/mol. The van der Waals surface area contributed by atoms with E-state index in [0.717, 1.165) is 32.6 Å². The van der Waals surface area contributed by atoms with Crippen molar-refractivity contribution >= 4 is 5.91 Å². The first-order valence-corrected chi connectivity index (χ1v) is 7.22. The molecule has 105 valence electrons. The number of hydrogen-bond donors (Lipinski definition) is 0. The van der Waals surface area contributed by atoms with Gasteiger partial charge in [0.05, 0.1) is 0 Å². The summed E-state index contributed by atoms with van der Waals surface area (Å²) < 4.78 is 0. The van der Waals surface area contributed by atoms with Gasteiger partial charge in [0.25, 0.3) is 0 Å². The number of rotatable bonds is 7. The molecular weight excluding hydrogens is 226 g/mol. The van der Waals surface area contributed by atoms with E-state index in [0.29, 0.717) is 12.5 Å². The van der Waals surface area contributed by atoms with Gasteiger partial charge in [-0.25, -0.2) is 5.32 Å². The molecule has 4 nitrogen and oxygen atoms in total. The fourth-order valence-electron chi connectivity index (χ4n) is 2.52. The topological polar surface area (TPSA) is 37.7 Å². The summed E-state index contributed by atoms with van der Waals surface area (Å²) in [7, 11) is 3.66. The Morgan fingerprint density at radius 1 is 1.22 bits per heavy atom. The average Bonchev–Trinajstić information content (AvgIpc) is 2.38. The minimum atomic E-state index is 0.241. The monoisotopic (exact) mass is 254 g/mol. The van der Waals surface area contributed by atoms with Crippen LogP contribution in [0.5, 0.6) is 0 Å².